The number of nitrogens with one attached hydrogen (secondary N) is 1. The zero-order valence-electron chi connectivity index (χ0n) is 16.1. The lowest BCUT2D eigenvalue weighted by molar-refractivity contribution is -0.129. The molecule has 4 nitrogen and oxygen atoms in total. The minimum Gasteiger partial charge on any atom is -0.497 e. The van der Waals surface area contributed by atoms with E-state index in [9.17, 15) is 4.79 Å². The summed E-state index contributed by atoms with van der Waals surface area (Å²) in [6.07, 6.45) is 0.961. The van der Waals surface area contributed by atoms with Gasteiger partial charge in [0.05, 0.1) is 13.2 Å². The Labute approximate surface area is 156 Å². The first-order valence-corrected chi connectivity index (χ1v) is 9.19. The molecule has 2 rings (SSSR count). The number of rotatable bonds is 9. The van der Waals surface area contributed by atoms with Crippen LogP contribution in [0.5, 0.6) is 11.5 Å². The smallest absolute Gasteiger partial charge is 0.261 e. The molecule has 0 aliphatic heterocycles. The molecule has 0 saturated carbocycles. The molecule has 2 atom stereocenters. The van der Waals surface area contributed by atoms with E-state index in [1.807, 2.05) is 61.5 Å². The van der Waals surface area contributed by atoms with E-state index >= 15 is 0 Å². The van der Waals surface area contributed by atoms with Gasteiger partial charge in [-0.1, -0.05) is 51.1 Å². The summed E-state index contributed by atoms with van der Waals surface area (Å²) >= 11 is 0. The molecule has 0 heterocycles. The molecule has 0 saturated heterocycles. The summed E-state index contributed by atoms with van der Waals surface area (Å²) in [5.41, 5.74) is 1.07. The minimum absolute atomic E-state index is 0.0539. The number of para-hydroxylation sites is 1. The molecule has 0 aliphatic rings. The SMILES string of the molecule is CC[C@H](Oc1ccccc1)C(=O)N[C@@H](CC(C)C)c1ccc(OC)cc1. The van der Waals surface area contributed by atoms with Gasteiger partial charge in [0.25, 0.3) is 5.91 Å². The van der Waals surface area contributed by atoms with Crippen molar-refractivity contribution in [3.8, 4) is 11.5 Å². The van der Waals surface area contributed by atoms with Crippen molar-refractivity contribution >= 4 is 5.91 Å². The Morgan fingerprint density at radius 2 is 1.65 bits per heavy atom. The monoisotopic (exact) mass is 355 g/mol. The van der Waals surface area contributed by atoms with Gasteiger partial charge in [0, 0.05) is 0 Å². The molecule has 0 fully saturated rings. The van der Waals surface area contributed by atoms with Crippen LogP contribution in [-0.4, -0.2) is 19.1 Å². The predicted molar refractivity (Wildman–Crippen MR) is 104 cm³/mol. The molecule has 0 bridgehead atoms. The first-order valence-electron chi connectivity index (χ1n) is 9.19. The Hall–Kier alpha value is -2.49. The van der Waals surface area contributed by atoms with Crippen LogP contribution in [0.3, 0.4) is 0 Å². The highest BCUT2D eigenvalue weighted by atomic mass is 16.5. The second-order valence-corrected chi connectivity index (χ2v) is 6.79. The molecular weight excluding hydrogens is 326 g/mol. The van der Waals surface area contributed by atoms with Crippen molar-refractivity contribution < 1.29 is 14.3 Å². The number of ether oxygens (including phenoxy) is 2. The van der Waals surface area contributed by atoms with E-state index in [1.54, 1.807) is 7.11 Å². The maximum absolute atomic E-state index is 12.8. The lowest BCUT2D eigenvalue weighted by atomic mass is 9.96. The normalized spacial score (nSPS) is 13.1. The van der Waals surface area contributed by atoms with Crippen molar-refractivity contribution in [2.75, 3.05) is 7.11 Å². The molecular formula is C22H29NO3. The van der Waals surface area contributed by atoms with Crippen LogP contribution in [0.4, 0.5) is 0 Å². The van der Waals surface area contributed by atoms with Crippen LogP contribution >= 0.6 is 0 Å². The van der Waals surface area contributed by atoms with Gasteiger partial charge in [0.2, 0.25) is 0 Å². The Morgan fingerprint density at radius 1 is 1.00 bits per heavy atom. The molecule has 2 aromatic rings. The fourth-order valence-corrected chi connectivity index (χ4v) is 2.84. The van der Waals surface area contributed by atoms with E-state index in [0.717, 1.165) is 17.7 Å². The number of methoxy groups -OCH3 is 1. The van der Waals surface area contributed by atoms with Crippen LogP contribution in [-0.2, 0) is 4.79 Å². The summed E-state index contributed by atoms with van der Waals surface area (Å²) in [5.74, 6) is 1.89. The maximum Gasteiger partial charge on any atom is 0.261 e. The Balaban J connectivity index is 2.10. The lowest BCUT2D eigenvalue weighted by Crippen LogP contribution is -2.40. The molecule has 26 heavy (non-hydrogen) atoms. The standard InChI is InChI=1S/C22H29NO3/c1-5-21(26-19-9-7-6-8-10-19)22(24)23-20(15-16(2)3)17-11-13-18(25-4)14-12-17/h6-14,16,20-21H,5,15H2,1-4H3,(H,23,24)/t20-,21-/m0/s1. The van der Waals surface area contributed by atoms with Gasteiger partial charge < -0.3 is 14.8 Å². The lowest BCUT2D eigenvalue weighted by Gasteiger charge is -2.24. The van der Waals surface area contributed by atoms with E-state index < -0.39 is 6.10 Å². The Bertz CT molecular complexity index is 668. The summed E-state index contributed by atoms with van der Waals surface area (Å²) < 4.78 is 11.1. The minimum atomic E-state index is -0.509. The van der Waals surface area contributed by atoms with Crippen molar-refractivity contribution in [1.29, 1.82) is 0 Å². The number of benzene rings is 2. The molecule has 0 radical (unpaired) electrons. The zero-order chi connectivity index (χ0) is 18.9. The summed E-state index contributed by atoms with van der Waals surface area (Å²) in [5, 5.41) is 3.17. The molecule has 4 heteroatoms. The highest BCUT2D eigenvalue weighted by Gasteiger charge is 2.23. The molecule has 0 aromatic heterocycles. The van der Waals surface area contributed by atoms with Crippen molar-refractivity contribution in [2.45, 2.75) is 45.8 Å². The number of carbonyl (C=O) groups excluding carboxylic acids is 1. The van der Waals surface area contributed by atoms with E-state index in [4.69, 9.17) is 9.47 Å². The fraction of sp³-hybridized carbons (Fsp3) is 0.409. The van der Waals surface area contributed by atoms with Gasteiger partial charge in [-0.25, -0.2) is 0 Å². The van der Waals surface area contributed by atoms with E-state index in [-0.39, 0.29) is 11.9 Å². The predicted octanol–water partition coefficient (Wildman–Crippen LogP) is 4.76. The molecule has 140 valence electrons. The van der Waals surface area contributed by atoms with Crippen molar-refractivity contribution in [3.63, 3.8) is 0 Å². The first-order chi connectivity index (χ1) is 12.5. The number of carbonyl (C=O) groups is 1. The number of hydrogen-bond acceptors (Lipinski definition) is 3. The summed E-state index contributed by atoms with van der Waals surface area (Å²) in [7, 11) is 1.65. The van der Waals surface area contributed by atoms with Crippen molar-refractivity contribution in [2.24, 2.45) is 5.92 Å². The third-order valence-electron chi connectivity index (χ3n) is 4.23. The number of hydrogen-bond donors (Lipinski definition) is 1. The summed E-state index contributed by atoms with van der Waals surface area (Å²) in [6.45, 7) is 6.26. The third-order valence-corrected chi connectivity index (χ3v) is 4.23. The van der Waals surface area contributed by atoms with Gasteiger partial charge >= 0.3 is 0 Å². The highest BCUT2D eigenvalue weighted by molar-refractivity contribution is 5.81. The van der Waals surface area contributed by atoms with Crippen LogP contribution in [0.15, 0.2) is 54.6 Å². The van der Waals surface area contributed by atoms with Gasteiger partial charge in [-0.05, 0) is 48.6 Å². The first kappa shape index (κ1) is 19.8. The zero-order valence-corrected chi connectivity index (χ0v) is 16.1. The van der Waals surface area contributed by atoms with Gasteiger partial charge in [-0.3, -0.25) is 4.79 Å². The average Bonchev–Trinajstić information content (AvgIpc) is 2.66. The van der Waals surface area contributed by atoms with Crippen LogP contribution in [0.1, 0.15) is 45.2 Å². The summed E-state index contributed by atoms with van der Waals surface area (Å²) in [4.78, 5) is 12.8. The Morgan fingerprint density at radius 3 is 2.19 bits per heavy atom. The second-order valence-electron chi connectivity index (χ2n) is 6.79. The topological polar surface area (TPSA) is 47.6 Å². The fourth-order valence-electron chi connectivity index (χ4n) is 2.84. The largest absolute Gasteiger partial charge is 0.497 e. The van der Waals surface area contributed by atoms with E-state index in [2.05, 4.69) is 19.2 Å². The third kappa shape index (κ3) is 5.80. The van der Waals surface area contributed by atoms with Gasteiger partial charge in [-0.15, -0.1) is 0 Å². The van der Waals surface area contributed by atoms with E-state index in [0.29, 0.717) is 18.1 Å². The summed E-state index contributed by atoms with van der Waals surface area (Å²) in [6, 6.07) is 17.3. The van der Waals surface area contributed by atoms with Crippen LogP contribution in [0.2, 0.25) is 0 Å². The van der Waals surface area contributed by atoms with Crippen molar-refractivity contribution in [3.05, 3.63) is 60.2 Å². The van der Waals surface area contributed by atoms with E-state index in [1.165, 1.54) is 0 Å². The molecule has 0 spiro atoms. The number of amides is 1. The van der Waals surface area contributed by atoms with Crippen LogP contribution < -0.4 is 14.8 Å². The second kappa shape index (κ2) is 9.85. The van der Waals surface area contributed by atoms with Gasteiger partial charge in [0.15, 0.2) is 6.10 Å². The molecule has 2 aromatic carbocycles. The van der Waals surface area contributed by atoms with Crippen LogP contribution in [0.25, 0.3) is 0 Å². The average molecular weight is 355 g/mol. The highest BCUT2D eigenvalue weighted by Crippen LogP contribution is 2.24. The van der Waals surface area contributed by atoms with Gasteiger partial charge in [-0.2, -0.15) is 0 Å². The Kier molecular flexibility index (Phi) is 7.52. The molecule has 0 unspecified atom stereocenters. The maximum atomic E-state index is 12.8. The van der Waals surface area contributed by atoms with Crippen LogP contribution in [0, 0.1) is 5.92 Å². The van der Waals surface area contributed by atoms with Gasteiger partial charge in [0.1, 0.15) is 11.5 Å². The molecule has 1 N–H and O–H groups in total. The van der Waals surface area contributed by atoms with Crippen molar-refractivity contribution in [1.82, 2.24) is 5.32 Å². The quantitative estimate of drug-likeness (QED) is 0.706. The molecule has 0 aliphatic carbocycles. The molecule has 1 amide bonds.